The van der Waals surface area contributed by atoms with E-state index in [1.807, 2.05) is 0 Å². The summed E-state index contributed by atoms with van der Waals surface area (Å²) in [4.78, 5) is 22.1. The normalized spacial score (nSPS) is 9.35. The Balaban J connectivity index is 2.66. The monoisotopic (exact) mass is 278 g/mol. The summed E-state index contributed by atoms with van der Waals surface area (Å²) in [7, 11) is 0. The first-order valence-electron chi connectivity index (χ1n) is 5.96. The van der Waals surface area contributed by atoms with Gasteiger partial charge in [-0.15, -0.1) is 0 Å². The predicted molar refractivity (Wildman–Crippen MR) is 72.3 cm³/mol. The molecule has 6 heteroatoms. The quantitative estimate of drug-likeness (QED) is 0.707. The summed E-state index contributed by atoms with van der Waals surface area (Å²) in [6.45, 7) is 1.05. The topological polar surface area (TPSA) is 78.4 Å². The average Bonchev–Trinajstić information content (AvgIpc) is 2.39. The van der Waals surface area contributed by atoms with Crippen LogP contribution in [-0.4, -0.2) is 30.1 Å². The number of aliphatic hydroxyl groups is 1. The van der Waals surface area contributed by atoms with Crippen LogP contribution in [0, 0.1) is 17.7 Å². The van der Waals surface area contributed by atoms with E-state index in [0.717, 1.165) is 6.07 Å². The lowest BCUT2D eigenvalue weighted by molar-refractivity contribution is -0.122. The number of hydrogen-bond donors (Lipinski definition) is 3. The fourth-order valence-corrected chi connectivity index (χ4v) is 1.32. The van der Waals surface area contributed by atoms with Crippen LogP contribution in [0.25, 0.3) is 0 Å². The molecule has 0 radical (unpaired) electrons. The lowest BCUT2D eigenvalue weighted by atomic mass is 10.2. The van der Waals surface area contributed by atoms with Crippen LogP contribution >= 0.6 is 0 Å². The molecule has 1 rings (SSSR count). The van der Waals surface area contributed by atoms with Gasteiger partial charge in [0.25, 0.3) is 0 Å². The van der Waals surface area contributed by atoms with E-state index in [4.69, 9.17) is 5.11 Å². The molecule has 0 atom stereocenters. The first kappa shape index (κ1) is 15.7. The molecule has 0 aromatic heterocycles. The lowest BCUT2D eigenvalue weighted by Crippen LogP contribution is -2.31. The molecule has 0 aliphatic heterocycles. The molecule has 0 fully saturated rings. The van der Waals surface area contributed by atoms with E-state index in [-0.39, 0.29) is 36.7 Å². The Kier molecular flexibility index (Phi) is 6.20. The highest BCUT2D eigenvalue weighted by atomic mass is 19.1. The number of rotatable bonds is 4. The summed E-state index contributed by atoms with van der Waals surface area (Å²) in [5, 5.41) is 13.4. The SMILES string of the molecule is CC(=O)NCC(=O)Nc1ccc(C#CCCO)c(F)c1. The molecule has 0 saturated heterocycles. The van der Waals surface area contributed by atoms with Gasteiger partial charge in [0, 0.05) is 19.0 Å². The summed E-state index contributed by atoms with van der Waals surface area (Å²) < 4.78 is 13.7. The maximum absolute atomic E-state index is 13.7. The van der Waals surface area contributed by atoms with Crippen molar-refractivity contribution in [3.63, 3.8) is 0 Å². The molecule has 0 unspecified atom stereocenters. The van der Waals surface area contributed by atoms with Gasteiger partial charge >= 0.3 is 0 Å². The minimum Gasteiger partial charge on any atom is -0.395 e. The molecule has 2 amide bonds. The second kappa shape index (κ2) is 7.92. The summed E-state index contributed by atoms with van der Waals surface area (Å²) in [5.74, 6) is 3.86. The maximum Gasteiger partial charge on any atom is 0.243 e. The van der Waals surface area contributed by atoms with Crippen molar-refractivity contribution in [2.75, 3.05) is 18.5 Å². The molecule has 0 spiro atoms. The van der Waals surface area contributed by atoms with E-state index in [2.05, 4.69) is 22.5 Å². The molecule has 0 bridgehead atoms. The van der Waals surface area contributed by atoms with Crippen LogP contribution in [0.15, 0.2) is 18.2 Å². The van der Waals surface area contributed by atoms with Crippen molar-refractivity contribution in [1.29, 1.82) is 0 Å². The molecule has 20 heavy (non-hydrogen) atoms. The van der Waals surface area contributed by atoms with Gasteiger partial charge in [-0.1, -0.05) is 11.8 Å². The molecule has 3 N–H and O–H groups in total. The number of nitrogens with one attached hydrogen (secondary N) is 2. The summed E-state index contributed by atoms with van der Waals surface area (Å²) in [5.41, 5.74) is 0.476. The predicted octanol–water partition coefficient (Wildman–Crippen LogP) is 0.634. The van der Waals surface area contributed by atoms with Crippen molar-refractivity contribution in [3.8, 4) is 11.8 Å². The Labute approximate surface area is 116 Å². The first-order valence-corrected chi connectivity index (χ1v) is 5.96. The molecule has 1 aromatic carbocycles. The zero-order valence-corrected chi connectivity index (χ0v) is 11.0. The van der Waals surface area contributed by atoms with Crippen molar-refractivity contribution < 1.29 is 19.1 Å². The number of carbonyl (C=O) groups excluding carboxylic acids is 2. The van der Waals surface area contributed by atoms with Crippen LogP contribution in [0.3, 0.4) is 0 Å². The molecule has 0 aliphatic carbocycles. The van der Waals surface area contributed by atoms with Crippen molar-refractivity contribution in [3.05, 3.63) is 29.6 Å². The number of carbonyl (C=O) groups is 2. The largest absolute Gasteiger partial charge is 0.395 e. The Morgan fingerprint density at radius 2 is 2.15 bits per heavy atom. The molecule has 106 valence electrons. The summed E-state index contributed by atoms with van der Waals surface area (Å²) >= 11 is 0. The smallest absolute Gasteiger partial charge is 0.243 e. The number of hydrogen-bond acceptors (Lipinski definition) is 3. The van der Waals surface area contributed by atoms with Gasteiger partial charge in [-0.2, -0.15) is 0 Å². The maximum atomic E-state index is 13.7. The van der Waals surface area contributed by atoms with E-state index in [9.17, 15) is 14.0 Å². The van der Waals surface area contributed by atoms with Crippen LogP contribution in [0.5, 0.6) is 0 Å². The van der Waals surface area contributed by atoms with Crippen LogP contribution < -0.4 is 10.6 Å². The minimum absolute atomic E-state index is 0.0775. The zero-order valence-electron chi connectivity index (χ0n) is 11.0. The number of amides is 2. The van der Waals surface area contributed by atoms with Gasteiger partial charge in [-0.3, -0.25) is 9.59 Å². The van der Waals surface area contributed by atoms with Gasteiger partial charge in [0.05, 0.1) is 18.7 Å². The number of aliphatic hydroxyl groups excluding tert-OH is 1. The third-order valence-electron chi connectivity index (χ3n) is 2.21. The third-order valence-corrected chi connectivity index (χ3v) is 2.21. The van der Waals surface area contributed by atoms with Crippen LogP contribution in [0.4, 0.5) is 10.1 Å². The summed E-state index contributed by atoms with van der Waals surface area (Å²) in [6, 6.07) is 4.10. The van der Waals surface area contributed by atoms with Gasteiger partial charge in [0.15, 0.2) is 0 Å². The average molecular weight is 278 g/mol. The van der Waals surface area contributed by atoms with Crippen LogP contribution in [0.2, 0.25) is 0 Å². The van der Waals surface area contributed by atoms with E-state index >= 15 is 0 Å². The Bertz CT molecular complexity index is 561. The second-order valence-electron chi connectivity index (χ2n) is 3.93. The van der Waals surface area contributed by atoms with Crippen molar-refractivity contribution in [2.24, 2.45) is 0 Å². The molecular weight excluding hydrogens is 263 g/mol. The number of benzene rings is 1. The summed E-state index contributed by atoms with van der Waals surface area (Å²) in [6.07, 6.45) is 0.272. The van der Waals surface area contributed by atoms with Gasteiger partial charge in [0.1, 0.15) is 5.82 Å². The molecule has 0 saturated carbocycles. The minimum atomic E-state index is -0.562. The Morgan fingerprint density at radius 3 is 2.75 bits per heavy atom. The number of anilines is 1. The molecular formula is C14H15FN2O3. The fraction of sp³-hybridized carbons (Fsp3) is 0.286. The molecule has 1 aromatic rings. The molecule has 0 heterocycles. The van der Waals surface area contributed by atoms with Crippen LogP contribution in [0.1, 0.15) is 18.9 Å². The van der Waals surface area contributed by atoms with Crippen molar-refractivity contribution >= 4 is 17.5 Å². The van der Waals surface area contributed by atoms with E-state index in [1.54, 1.807) is 0 Å². The van der Waals surface area contributed by atoms with E-state index in [1.165, 1.54) is 19.1 Å². The number of halogens is 1. The van der Waals surface area contributed by atoms with Crippen LogP contribution in [-0.2, 0) is 9.59 Å². The standard InChI is InChI=1S/C14H15FN2O3/c1-10(19)16-9-14(20)17-12-6-5-11(13(15)8-12)4-2-3-7-18/h5-6,8,18H,3,7,9H2,1H3,(H,16,19)(H,17,20). The highest BCUT2D eigenvalue weighted by molar-refractivity contribution is 5.94. The van der Waals surface area contributed by atoms with Crippen molar-refractivity contribution in [1.82, 2.24) is 5.32 Å². The third kappa shape index (κ3) is 5.50. The van der Waals surface area contributed by atoms with Gasteiger partial charge in [-0.05, 0) is 18.2 Å². The second-order valence-corrected chi connectivity index (χ2v) is 3.93. The van der Waals surface area contributed by atoms with E-state index in [0.29, 0.717) is 0 Å². The fourth-order valence-electron chi connectivity index (χ4n) is 1.32. The van der Waals surface area contributed by atoms with Crippen molar-refractivity contribution in [2.45, 2.75) is 13.3 Å². The van der Waals surface area contributed by atoms with Gasteiger partial charge in [0.2, 0.25) is 11.8 Å². The van der Waals surface area contributed by atoms with Gasteiger partial charge < -0.3 is 15.7 Å². The lowest BCUT2D eigenvalue weighted by Gasteiger charge is -2.06. The molecule has 0 aliphatic rings. The Hall–Kier alpha value is -2.39. The Morgan fingerprint density at radius 1 is 1.40 bits per heavy atom. The highest BCUT2D eigenvalue weighted by Crippen LogP contribution is 2.13. The molecule has 5 nitrogen and oxygen atoms in total. The first-order chi connectivity index (χ1) is 9.52. The van der Waals surface area contributed by atoms with Gasteiger partial charge in [-0.25, -0.2) is 4.39 Å². The highest BCUT2D eigenvalue weighted by Gasteiger charge is 2.05. The van der Waals surface area contributed by atoms with E-state index < -0.39 is 11.7 Å². The zero-order chi connectivity index (χ0) is 15.0.